The largest absolute Gasteiger partial charge is 0.352 e. The molecule has 0 unspecified atom stereocenters. The Bertz CT molecular complexity index is 956. The Morgan fingerprint density at radius 1 is 0.966 bits per heavy atom. The van der Waals surface area contributed by atoms with Gasteiger partial charge in [0, 0.05) is 24.0 Å². The summed E-state index contributed by atoms with van der Waals surface area (Å²) in [6.45, 7) is 5.05. The number of rotatable bonds is 7. The molecular formula is C24H25N3O2. The predicted molar refractivity (Wildman–Crippen MR) is 115 cm³/mol. The summed E-state index contributed by atoms with van der Waals surface area (Å²) in [5.41, 5.74) is 2.45. The number of nitrogens with one attached hydrogen (secondary N) is 1. The van der Waals surface area contributed by atoms with Crippen LogP contribution in [-0.2, 0) is 6.54 Å². The van der Waals surface area contributed by atoms with Crippen LogP contribution in [0, 0.1) is 5.92 Å². The first-order chi connectivity index (χ1) is 14.0. The van der Waals surface area contributed by atoms with Crippen LogP contribution in [0.3, 0.4) is 0 Å². The smallest absolute Gasteiger partial charge is 0.277 e. The second kappa shape index (κ2) is 9.64. The van der Waals surface area contributed by atoms with Crippen molar-refractivity contribution >= 4 is 17.5 Å². The molecule has 1 N–H and O–H groups in total. The number of aromatic nitrogens is 1. The molecule has 1 heterocycles. The van der Waals surface area contributed by atoms with Crippen molar-refractivity contribution in [3.63, 3.8) is 0 Å². The van der Waals surface area contributed by atoms with Gasteiger partial charge in [-0.1, -0.05) is 62.4 Å². The minimum Gasteiger partial charge on any atom is -0.352 e. The Kier molecular flexibility index (Phi) is 6.74. The van der Waals surface area contributed by atoms with Crippen molar-refractivity contribution in [2.45, 2.75) is 20.4 Å². The Morgan fingerprint density at radius 2 is 1.62 bits per heavy atom. The van der Waals surface area contributed by atoms with Crippen LogP contribution < -0.4 is 10.2 Å². The molecule has 0 spiro atoms. The maximum atomic E-state index is 13.3. The highest BCUT2D eigenvalue weighted by Gasteiger charge is 2.20. The number of hydrogen-bond donors (Lipinski definition) is 1. The summed E-state index contributed by atoms with van der Waals surface area (Å²) >= 11 is 0. The number of benzene rings is 2. The molecule has 0 aliphatic carbocycles. The number of pyridine rings is 1. The maximum absolute atomic E-state index is 13.3. The molecule has 3 rings (SSSR count). The van der Waals surface area contributed by atoms with Crippen molar-refractivity contribution in [3.05, 3.63) is 95.8 Å². The third kappa shape index (κ3) is 5.51. The van der Waals surface area contributed by atoms with E-state index in [0.29, 0.717) is 24.6 Å². The lowest BCUT2D eigenvalue weighted by Gasteiger charge is -2.23. The average molecular weight is 387 g/mol. The SMILES string of the molecule is CC(C)CNC(=O)c1ccnc(C(=O)N(Cc2ccccc2)c2ccccc2)c1. The normalized spacial score (nSPS) is 10.6. The highest BCUT2D eigenvalue weighted by Crippen LogP contribution is 2.20. The van der Waals surface area contributed by atoms with Crippen LogP contribution in [0.5, 0.6) is 0 Å². The van der Waals surface area contributed by atoms with Gasteiger partial charge >= 0.3 is 0 Å². The van der Waals surface area contributed by atoms with Gasteiger partial charge in [-0.2, -0.15) is 0 Å². The van der Waals surface area contributed by atoms with E-state index in [1.54, 1.807) is 17.0 Å². The van der Waals surface area contributed by atoms with Gasteiger partial charge in [0.05, 0.1) is 6.54 Å². The molecule has 0 fully saturated rings. The van der Waals surface area contributed by atoms with Gasteiger partial charge < -0.3 is 10.2 Å². The standard InChI is InChI=1S/C24H25N3O2/c1-18(2)16-26-23(28)20-13-14-25-22(15-20)24(29)27(21-11-7-4-8-12-21)17-19-9-5-3-6-10-19/h3-15,18H,16-17H2,1-2H3,(H,26,28). The molecule has 2 amide bonds. The first-order valence-electron chi connectivity index (χ1n) is 9.69. The van der Waals surface area contributed by atoms with Crippen LogP contribution in [0.25, 0.3) is 0 Å². The average Bonchev–Trinajstić information content (AvgIpc) is 2.76. The van der Waals surface area contributed by atoms with Gasteiger partial charge in [-0.05, 0) is 35.7 Å². The van der Waals surface area contributed by atoms with Crippen molar-refractivity contribution in [3.8, 4) is 0 Å². The van der Waals surface area contributed by atoms with E-state index in [1.165, 1.54) is 6.20 Å². The summed E-state index contributed by atoms with van der Waals surface area (Å²) in [7, 11) is 0. The Balaban J connectivity index is 1.88. The minimum atomic E-state index is -0.251. The Morgan fingerprint density at radius 3 is 2.28 bits per heavy atom. The molecule has 5 nitrogen and oxygen atoms in total. The number of nitrogens with zero attached hydrogens (tertiary/aromatic N) is 2. The first-order valence-corrected chi connectivity index (χ1v) is 9.69. The van der Waals surface area contributed by atoms with Crippen LogP contribution in [0.15, 0.2) is 79.0 Å². The van der Waals surface area contributed by atoms with E-state index in [9.17, 15) is 9.59 Å². The fourth-order valence-electron chi connectivity index (χ4n) is 2.88. The third-order valence-electron chi connectivity index (χ3n) is 4.41. The van der Waals surface area contributed by atoms with Crippen LogP contribution in [0.1, 0.15) is 40.3 Å². The van der Waals surface area contributed by atoms with E-state index >= 15 is 0 Å². The summed E-state index contributed by atoms with van der Waals surface area (Å²) in [5, 5.41) is 2.87. The molecule has 0 aliphatic heterocycles. The fourth-order valence-corrected chi connectivity index (χ4v) is 2.88. The van der Waals surface area contributed by atoms with E-state index < -0.39 is 0 Å². The van der Waals surface area contributed by atoms with Gasteiger partial charge in [0.25, 0.3) is 11.8 Å². The Hall–Kier alpha value is -3.47. The topological polar surface area (TPSA) is 62.3 Å². The molecule has 29 heavy (non-hydrogen) atoms. The lowest BCUT2D eigenvalue weighted by molar-refractivity contribution is 0.0949. The van der Waals surface area contributed by atoms with E-state index in [1.807, 2.05) is 74.5 Å². The molecule has 0 saturated carbocycles. The lowest BCUT2D eigenvalue weighted by Crippen LogP contribution is -2.32. The number of hydrogen-bond acceptors (Lipinski definition) is 3. The van der Waals surface area contributed by atoms with E-state index in [-0.39, 0.29) is 17.5 Å². The molecule has 0 bridgehead atoms. The van der Waals surface area contributed by atoms with Gasteiger partial charge in [0.1, 0.15) is 5.69 Å². The minimum absolute atomic E-state index is 0.204. The molecule has 2 aromatic carbocycles. The second-order valence-corrected chi connectivity index (χ2v) is 7.25. The van der Waals surface area contributed by atoms with E-state index in [2.05, 4.69) is 10.3 Å². The van der Waals surface area contributed by atoms with Crippen LogP contribution in [0.4, 0.5) is 5.69 Å². The summed E-state index contributed by atoms with van der Waals surface area (Å²) < 4.78 is 0. The molecule has 0 aliphatic rings. The van der Waals surface area contributed by atoms with Crippen molar-refractivity contribution in [1.29, 1.82) is 0 Å². The zero-order valence-corrected chi connectivity index (χ0v) is 16.7. The molecule has 0 saturated heterocycles. The zero-order chi connectivity index (χ0) is 20.6. The second-order valence-electron chi connectivity index (χ2n) is 7.25. The van der Waals surface area contributed by atoms with Crippen molar-refractivity contribution in [2.24, 2.45) is 5.92 Å². The van der Waals surface area contributed by atoms with Crippen LogP contribution >= 0.6 is 0 Å². The molecule has 148 valence electrons. The summed E-state index contributed by atoms with van der Waals surface area (Å²) in [6.07, 6.45) is 1.50. The number of carbonyl (C=O) groups is 2. The molecule has 1 aromatic heterocycles. The predicted octanol–water partition coefficient (Wildman–Crippen LogP) is 4.31. The summed E-state index contributed by atoms with van der Waals surface area (Å²) in [5.74, 6) is -0.107. The quantitative estimate of drug-likeness (QED) is 0.657. The number of para-hydroxylation sites is 1. The van der Waals surface area contributed by atoms with E-state index in [0.717, 1.165) is 11.3 Å². The molecule has 0 atom stereocenters. The number of amides is 2. The number of carbonyl (C=O) groups excluding carboxylic acids is 2. The monoisotopic (exact) mass is 387 g/mol. The summed E-state index contributed by atoms with van der Waals surface area (Å²) in [4.78, 5) is 31.6. The van der Waals surface area contributed by atoms with Crippen molar-refractivity contribution < 1.29 is 9.59 Å². The van der Waals surface area contributed by atoms with Gasteiger partial charge in [-0.3, -0.25) is 14.6 Å². The van der Waals surface area contributed by atoms with Gasteiger partial charge in [-0.15, -0.1) is 0 Å². The van der Waals surface area contributed by atoms with Crippen molar-refractivity contribution in [2.75, 3.05) is 11.4 Å². The van der Waals surface area contributed by atoms with Gasteiger partial charge in [0.15, 0.2) is 0 Å². The molecule has 5 heteroatoms. The van der Waals surface area contributed by atoms with Gasteiger partial charge in [0.2, 0.25) is 0 Å². The molecule has 0 radical (unpaired) electrons. The Labute approximate surface area is 171 Å². The lowest BCUT2D eigenvalue weighted by atomic mass is 10.1. The number of anilines is 1. The van der Waals surface area contributed by atoms with Gasteiger partial charge in [-0.25, -0.2) is 0 Å². The summed E-state index contributed by atoms with van der Waals surface area (Å²) in [6, 6.07) is 22.4. The fraction of sp³-hybridized carbons (Fsp3) is 0.208. The highest BCUT2D eigenvalue weighted by atomic mass is 16.2. The maximum Gasteiger partial charge on any atom is 0.277 e. The first kappa shape index (κ1) is 20.3. The third-order valence-corrected chi connectivity index (χ3v) is 4.41. The van der Waals surface area contributed by atoms with E-state index in [4.69, 9.17) is 0 Å². The highest BCUT2D eigenvalue weighted by molar-refractivity contribution is 6.06. The van der Waals surface area contributed by atoms with Crippen LogP contribution in [-0.4, -0.2) is 23.3 Å². The van der Waals surface area contributed by atoms with Crippen molar-refractivity contribution in [1.82, 2.24) is 10.3 Å². The molecular weight excluding hydrogens is 362 g/mol. The zero-order valence-electron chi connectivity index (χ0n) is 16.7. The van der Waals surface area contributed by atoms with Crippen LogP contribution in [0.2, 0.25) is 0 Å². The molecule has 3 aromatic rings.